The highest BCUT2D eigenvalue weighted by atomic mass is 16.5. The first-order chi connectivity index (χ1) is 8.79. The lowest BCUT2D eigenvalue weighted by molar-refractivity contribution is 0.307. The molecule has 0 bridgehead atoms. The summed E-state index contributed by atoms with van der Waals surface area (Å²) >= 11 is 0. The van der Waals surface area contributed by atoms with Gasteiger partial charge < -0.3 is 10.1 Å². The summed E-state index contributed by atoms with van der Waals surface area (Å²) in [5, 5.41) is 6.10. The van der Waals surface area contributed by atoms with Gasteiger partial charge in [-0.05, 0) is 26.0 Å². The van der Waals surface area contributed by atoms with Gasteiger partial charge in [-0.1, -0.05) is 6.07 Å². The predicted molar refractivity (Wildman–Crippen MR) is 70.3 cm³/mol. The smallest absolute Gasteiger partial charge is 0.293 e. The molecule has 0 amide bonds. The fourth-order valence-electron chi connectivity index (χ4n) is 1.58. The third-order valence-corrected chi connectivity index (χ3v) is 2.45. The summed E-state index contributed by atoms with van der Waals surface area (Å²) in [5.41, 5.74) is 0.958. The number of aromatic nitrogens is 1. The molecule has 96 valence electrons. The second-order valence-corrected chi connectivity index (χ2v) is 3.81. The van der Waals surface area contributed by atoms with Gasteiger partial charge in [-0.25, -0.2) is 4.99 Å². The maximum atomic E-state index is 5.29. The summed E-state index contributed by atoms with van der Waals surface area (Å²) in [5.74, 6) is 0. The Balaban J connectivity index is 1.97. The number of ether oxygens (including phenoxy) is 1. The number of nitrogens with zero attached hydrogens (tertiary/aromatic N) is 3. The van der Waals surface area contributed by atoms with Crippen LogP contribution in [0.2, 0.25) is 0 Å². The molecular weight excluding hydrogens is 230 g/mol. The van der Waals surface area contributed by atoms with Crippen LogP contribution >= 0.6 is 0 Å². The zero-order valence-corrected chi connectivity index (χ0v) is 10.5. The van der Waals surface area contributed by atoms with Gasteiger partial charge in [-0.3, -0.25) is 10.3 Å². The highest BCUT2D eigenvalue weighted by Gasteiger charge is 2.15. The van der Waals surface area contributed by atoms with E-state index in [2.05, 4.69) is 25.6 Å². The standard InChI is InChI=1S/C12H17N5O/c1-3-18-12-15-8-14-11(17-12)16-9(2)10-6-4-5-7-13-10/h4-9,11,16H,3H2,1-2H3,(H,14,15,17). The lowest BCUT2D eigenvalue weighted by atomic mass is 10.2. The first-order valence-electron chi connectivity index (χ1n) is 5.95. The maximum absolute atomic E-state index is 5.29. The molecule has 0 saturated carbocycles. The fourth-order valence-corrected chi connectivity index (χ4v) is 1.58. The fraction of sp³-hybridized carbons (Fsp3) is 0.417. The third kappa shape index (κ3) is 3.27. The summed E-state index contributed by atoms with van der Waals surface area (Å²) in [6, 6.07) is 6.37. The first-order valence-corrected chi connectivity index (χ1v) is 5.95. The molecule has 6 heteroatoms. The molecule has 1 aromatic heterocycles. The summed E-state index contributed by atoms with van der Waals surface area (Å²) in [6.45, 7) is 4.51. The molecule has 2 heterocycles. The Labute approximate surface area is 106 Å². The van der Waals surface area contributed by atoms with E-state index in [-0.39, 0.29) is 12.3 Å². The van der Waals surface area contributed by atoms with Gasteiger partial charge in [0.05, 0.1) is 24.7 Å². The van der Waals surface area contributed by atoms with Crippen molar-refractivity contribution in [2.24, 2.45) is 9.98 Å². The van der Waals surface area contributed by atoms with E-state index in [0.29, 0.717) is 12.6 Å². The van der Waals surface area contributed by atoms with Crippen molar-refractivity contribution in [3.63, 3.8) is 0 Å². The number of nitrogens with one attached hydrogen (secondary N) is 2. The van der Waals surface area contributed by atoms with Crippen molar-refractivity contribution < 1.29 is 4.74 Å². The van der Waals surface area contributed by atoms with Crippen molar-refractivity contribution in [2.75, 3.05) is 6.61 Å². The van der Waals surface area contributed by atoms with Crippen LogP contribution in [0.3, 0.4) is 0 Å². The number of rotatable bonds is 4. The van der Waals surface area contributed by atoms with Gasteiger partial charge in [0.15, 0.2) is 0 Å². The van der Waals surface area contributed by atoms with Crippen molar-refractivity contribution >= 4 is 12.4 Å². The highest BCUT2D eigenvalue weighted by Crippen LogP contribution is 2.10. The minimum absolute atomic E-state index is 0.0677. The van der Waals surface area contributed by atoms with E-state index in [1.165, 1.54) is 0 Å². The summed E-state index contributed by atoms with van der Waals surface area (Å²) in [6.07, 6.45) is 3.01. The lowest BCUT2D eigenvalue weighted by Gasteiger charge is -2.20. The van der Waals surface area contributed by atoms with Crippen LogP contribution in [0.15, 0.2) is 34.4 Å². The Morgan fingerprint density at radius 3 is 3.11 bits per heavy atom. The number of hydrogen-bond acceptors (Lipinski definition) is 6. The van der Waals surface area contributed by atoms with Gasteiger partial charge in [0.2, 0.25) is 6.29 Å². The quantitative estimate of drug-likeness (QED) is 0.834. The van der Waals surface area contributed by atoms with E-state index in [1.807, 2.05) is 32.0 Å². The van der Waals surface area contributed by atoms with Gasteiger partial charge in [-0.2, -0.15) is 4.99 Å². The van der Waals surface area contributed by atoms with E-state index in [9.17, 15) is 0 Å². The topological polar surface area (TPSA) is 70.9 Å². The monoisotopic (exact) mass is 247 g/mol. The van der Waals surface area contributed by atoms with E-state index in [0.717, 1.165) is 5.69 Å². The van der Waals surface area contributed by atoms with Crippen molar-refractivity contribution in [2.45, 2.75) is 26.2 Å². The first kappa shape index (κ1) is 12.5. The van der Waals surface area contributed by atoms with Crippen LogP contribution < -0.4 is 10.6 Å². The minimum Gasteiger partial charge on any atom is -0.465 e. The Hall–Kier alpha value is -1.95. The lowest BCUT2D eigenvalue weighted by Crippen LogP contribution is -2.38. The zero-order chi connectivity index (χ0) is 12.8. The van der Waals surface area contributed by atoms with E-state index < -0.39 is 0 Å². The molecule has 2 unspecified atom stereocenters. The Morgan fingerprint density at radius 1 is 1.50 bits per heavy atom. The molecule has 0 fully saturated rings. The van der Waals surface area contributed by atoms with Gasteiger partial charge in [-0.15, -0.1) is 0 Å². The van der Waals surface area contributed by atoms with Gasteiger partial charge in [0, 0.05) is 6.20 Å². The second-order valence-electron chi connectivity index (χ2n) is 3.81. The van der Waals surface area contributed by atoms with Gasteiger partial charge >= 0.3 is 0 Å². The van der Waals surface area contributed by atoms with Crippen LogP contribution in [0.1, 0.15) is 25.6 Å². The molecule has 2 atom stereocenters. The molecule has 0 aromatic carbocycles. The van der Waals surface area contributed by atoms with Crippen LogP contribution in [0, 0.1) is 0 Å². The van der Waals surface area contributed by atoms with Crippen molar-refractivity contribution in [3.05, 3.63) is 30.1 Å². The molecular formula is C12H17N5O. The average Bonchev–Trinajstić information content (AvgIpc) is 2.40. The summed E-state index contributed by atoms with van der Waals surface area (Å²) in [4.78, 5) is 12.8. The van der Waals surface area contributed by atoms with Crippen molar-refractivity contribution in [1.82, 2.24) is 15.6 Å². The largest absolute Gasteiger partial charge is 0.465 e. The van der Waals surface area contributed by atoms with E-state index in [1.54, 1.807) is 12.5 Å². The molecule has 18 heavy (non-hydrogen) atoms. The molecule has 0 spiro atoms. The SMILES string of the molecule is CCOC1=NC(NC(C)c2ccccn2)N=CN1. The molecule has 0 saturated heterocycles. The van der Waals surface area contributed by atoms with Gasteiger partial charge in [0.1, 0.15) is 0 Å². The van der Waals surface area contributed by atoms with Crippen LogP contribution in [-0.2, 0) is 4.74 Å². The summed E-state index contributed by atoms with van der Waals surface area (Å²) in [7, 11) is 0. The normalized spacial score (nSPS) is 19.9. The van der Waals surface area contributed by atoms with Crippen LogP contribution in [-0.4, -0.2) is 30.2 Å². The number of amidine groups is 1. The van der Waals surface area contributed by atoms with Gasteiger partial charge in [0.25, 0.3) is 6.02 Å². The summed E-state index contributed by atoms with van der Waals surface area (Å²) < 4.78 is 5.29. The molecule has 0 aliphatic carbocycles. The molecule has 1 aliphatic rings. The van der Waals surface area contributed by atoms with Crippen molar-refractivity contribution in [1.29, 1.82) is 0 Å². The number of pyridine rings is 1. The number of aliphatic imine (C=N–C) groups is 2. The molecule has 1 aromatic rings. The Morgan fingerprint density at radius 2 is 2.39 bits per heavy atom. The van der Waals surface area contributed by atoms with Crippen LogP contribution in [0.25, 0.3) is 0 Å². The third-order valence-electron chi connectivity index (χ3n) is 2.45. The number of hydrogen-bond donors (Lipinski definition) is 2. The van der Waals surface area contributed by atoms with E-state index in [4.69, 9.17) is 4.74 Å². The molecule has 6 nitrogen and oxygen atoms in total. The molecule has 2 N–H and O–H groups in total. The van der Waals surface area contributed by atoms with Crippen LogP contribution in [0.5, 0.6) is 0 Å². The molecule has 2 rings (SSSR count). The van der Waals surface area contributed by atoms with Crippen LogP contribution in [0.4, 0.5) is 0 Å². The zero-order valence-electron chi connectivity index (χ0n) is 10.5. The maximum Gasteiger partial charge on any atom is 0.293 e. The van der Waals surface area contributed by atoms with E-state index >= 15 is 0 Å². The predicted octanol–water partition coefficient (Wildman–Crippen LogP) is 1.04. The molecule has 0 radical (unpaired) electrons. The second kappa shape index (κ2) is 6.11. The Bertz CT molecular complexity index is 431. The highest BCUT2D eigenvalue weighted by molar-refractivity contribution is 5.87. The average molecular weight is 247 g/mol. The Kier molecular flexibility index (Phi) is 4.25. The minimum atomic E-state index is -0.343. The molecule has 1 aliphatic heterocycles. The van der Waals surface area contributed by atoms with Crippen molar-refractivity contribution in [3.8, 4) is 0 Å².